The molecule has 0 aliphatic carbocycles. The fourth-order valence-corrected chi connectivity index (χ4v) is 1.92. The summed E-state index contributed by atoms with van der Waals surface area (Å²) in [5, 5.41) is 3.51. The number of hydrogen-bond acceptors (Lipinski definition) is 2. The van der Waals surface area contributed by atoms with Gasteiger partial charge in [0.25, 0.3) is 0 Å². The van der Waals surface area contributed by atoms with Crippen molar-refractivity contribution in [2.75, 3.05) is 19.7 Å². The Bertz CT molecular complexity index is 346. The molecule has 0 heterocycles. The average Bonchev–Trinajstić information content (AvgIpc) is 2.36. The molecule has 108 valence electrons. The van der Waals surface area contributed by atoms with Crippen LogP contribution in [0.2, 0.25) is 0 Å². The van der Waals surface area contributed by atoms with Gasteiger partial charge in [-0.3, -0.25) is 0 Å². The number of rotatable bonds is 8. The third kappa shape index (κ3) is 6.74. The summed E-state index contributed by atoms with van der Waals surface area (Å²) in [6, 6.07) is 10.4. The smallest absolute Gasteiger partial charge is 0.0797 e. The van der Waals surface area contributed by atoms with Gasteiger partial charge in [-0.1, -0.05) is 58.0 Å². The Morgan fingerprint density at radius 2 is 1.74 bits per heavy atom. The van der Waals surface area contributed by atoms with Crippen LogP contribution in [0, 0.1) is 11.3 Å². The summed E-state index contributed by atoms with van der Waals surface area (Å²) >= 11 is 0. The lowest BCUT2D eigenvalue weighted by molar-refractivity contribution is 0.0112. The van der Waals surface area contributed by atoms with Crippen LogP contribution < -0.4 is 5.32 Å². The molecule has 0 saturated carbocycles. The topological polar surface area (TPSA) is 21.3 Å². The molecule has 2 heteroatoms. The lowest BCUT2D eigenvalue weighted by Crippen LogP contribution is -2.35. The van der Waals surface area contributed by atoms with Crippen LogP contribution >= 0.6 is 0 Å². The molecule has 1 unspecified atom stereocenters. The van der Waals surface area contributed by atoms with E-state index in [4.69, 9.17) is 4.74 Å². The summed E-state index contributed by atoms with van der Waals surface area (Å²) in [5.41, 5.74) is 1.41. The maximum Gasteiger partial charge on any atom is 0.0797 e. The van der Waals surface area contributed by atoms with Crippen molar-refractivity contribution >= 4 is 0 Å². The third-order valence-electron chi connectivity index (χ3n) is 3.15. The van der Waals surface area contributed by atoms with Crippen molar-refractivity contribution in [1.29, 1.82) is 0 Å². The Labute approximate surface area is 118 Å². The highest BCUT2D eigenvalue weighted by atomic mass is 16.5. The van der Waals surface area contributed by atoms with Crippen LogP contribution in [0.25, 0.3) is 0 Å². The second kappa shape index (κ2) is 7.66. The first-order chi connectivity index (χ1) is 8.91. The van der Waals surface area contributed by atoms with E-state index in [0.717, 1.165) is 19.7 Å². The van der Waals surface area contributed by atoms with Crippen molar-refractivity contribution in [3.63, 3.8) is 0 Å². The van der Waals surface area contributed by atoms with E-state index in [1.54, 1.807) is 0 Å². The van der Waals surface area contributed by atoms with E-state index in [9.17, 15) is 0 Å². The van der Waals surface area contributed by atoms with Gasteiger partial charge in [0.1, 0.15) is 0 Å². The molecule has 1 N–H and O–H groups in total. The third-order valence-corrected chi connectivity index (χ3v) is 3.15. The van der Waals surface area contributed by atoms with Gasteiger partial charge < -0.3 is 10.1 Å². The molecule has 0 fully saturated rings. The minimum absolute atomic E-state index is 0.158. The highest BCUT2D eigenvalue weighted by Crippen LogP contribution is 2.21. The zero-order chi connectivity index (χ0) is 14.3. The monoisotopic (exact) mass is 263 g/mol. The SMILES string of the molecule is CC(C)CNCC(C)(C)COC(C)c1ccccc1. The van der Waals surface area contributed by atoms with Gasteiger partial charge in [0.05, 0.1) is 12.7 Å². The predicted molar refractivity (Wildman–Crippen MR) is 82.3 cm³/mol. The molecule has 1 aromatic rings. The Morgan fingerprint density at radius 3 is 2.32 bits per heavy atom. The van der Waals surface area contributed by atoms with Crippen molar-refractivity contribution in [3.8, 4) is 0 Å². The van der Waals surface area contributed by atoms with Crippen molar-refractivity contribution in [3.05, 3.63) is 35.9 Å². The van der Waals surface area contributed by atoms with E-state index in [-0.39, 0.29) is 11.5 Å². The standard InChI is InChI=1S/C17H29NO/c1-14(2)11-18-12-17(4,5)13-19-15(3)16-9-7-6-8-10-16/h6-10,14-15,18H,11-13H2,1-5H3. The second-order valence-corrected chi connectivity index (χ2v) is 6.55. The molecule has 1 atom stereocenters. The van der Waals surface area contributed by atoms with Crippen molar-refractivity contribution in [2.45, 2.75) is 40.7 Å². The number of benzene rings is 1. The summed E-state index contributed by atoms with van der Waals surface area (Å²) < 4.78 is 6.01. The molecular weight excluding hydrogens is 234 g/mol. The number of nitrogens with one attached hydrogen (secondary N) is 1. The first-order valence-electron chi connectivity index (χ1n) is 7.28. The van der Waals surface area contributed by atoms with E-state index in [0.29, 0.717) is 5.92 Å². The Morgan fingerprint density at radius 1 is 1.11 bits per heavy atom. The maximum atomic E-state index is 6.01. The van der Waals surface area contributed by atoms with Gasteiger partial charge in [-0.25, -0.2) is 0 Å². The van der Waals surface area contributed by atoms with E-state index in [2.05, 4.69) is 64.2 Å². The predicted octanol–water partition coefficient (Wildman–Crippen LogP) is 4.04. The molecule has 0 aliphatic rings. The van der Waals surface area contributed by atoms with Crippen molar-refractivity contribution < 1.29 is 4.74 Å². The van der Waals surface area contributed by atoms with Crippen LogP contribution in [0.1, 0.15) is 46.3 Å². The van der Waals surface area contributed by atoms with E-state index in [1.165, 1.54) is 5.56 Å². The van der Waals surface area contributed by atoms with Gasteiger partial charge in [0.15, 0.2) is 0 Å². The molecule has 0 aromatic heterocycles. The number of hydrogen-bond donors (Lipinski definition) is 1. The highest BCUT2D eigenvalue weighted by Gasteiger charge is 2.19. The second-order valence-electron chi connectivity index (χ2n) is 6.55. The lowest BCUT2D eigenvalue weighted by Gasteiger charge is -2.27. The van der Waals surface area contributed by atoms with Crippen LogP contribution in [-0.4, -0.2) is 19.7 Å². The molecule has 2 nitrogen and oxygen atoms in total. The largest absolute Gasteiger partial charge is 0.373 e. The summed E-state index contributed by atoms with van der Waals surface area (Å²) in [7, 11) is 0. The summed E-state index contributed by atoms with van der Waals surface area (Å²) in [6.07, 6.45) is 0.158. The van der Waals surface area contributed by atoms with Gasteiger partial charge in [-0.2, -0.15) is 0 Å². The molecule has 1 rings (SSSR count). The summed E-state index contributed by atoms with van der Waals surface area (Å²) in [6.45, 7) is 13.9. The molecule has 0 amide bonds. The van der Waals surface area contributed by atoms with Crippen LogP contribution in [-0.2, 0) is 4.74 Å². The molecule has 0 spiro atoms. The zero-order valence-corrected chi connectivity index (χ0v) is 13.1. The normalized spacial score (nSPS) is 13.8. The molecule has 0 aliphatic heterocycles. The minimum Gasteiger partial charge on any atom is -0.373 e. The van der Waals surface area contributed by atoms with Gasteiger partial charge >= 0.3 is 0 Å². The van der Waals surface area contributed by atoms with Crippen LogP contribution in [0.4, 0.5) is 0 Å². The van der Waals surface area contributed by atoms with Crippen molar-refractivity contribution in [2.24, 2.45) is 11.3 Å². The van der Waals surface area contributed by atoms with Crippen LogP contribution in [0.3, 0.4) is 0 Å². The van der Waals surface area contributed by atoms with Crippen molar-refractivity contribution in [1.82, 2.24) is 5.32 Å². The van der Waals surface area contributed by atoms with Gasteiger partial charge in [0.2, 0.25) is 0 Å². The van der Waals surface area contributed by atoms with E-state index < -0.39 is 0 Å². The molecular formula is C17H29NO. The fraction of sp³-hybridized carbons (Fsp3) is 0.647. The summed E-state index contributed by atoms with van der Waals surface area (Å²) in [4.78, 5) is 0. The Hall–Kier alpha value is -0.860. The van der Waals surface area contributed by atoms with Gasteiger partial charge in [-0.05, 0) is 24.9 Å². The highest BCUT2D eigenvalue weighted by molar-refractivity contribution is 5.16. The van der Waals surface area contributed by atoms with Crippen LogP contribution in [0.15, 0.2) is 30.3 Å². The van der Waals surface area contributed by atoms with Gasteiger partial charge in [-0.15, -0.1) is 0 Å². The average molecular weight is 263 g/mol. The molecule has 19 heavy (non-hydrogen) atoms. The number of ether oxygens (including phenoxy) is 1. The van der Waals surface area contributed by atoms with E-state index in [1.807, 2.05) is 6.07 Å². The Balaban J connectivity index is 2.34. The van der Waals surface area contributed by atoms with E-state index >= 15 is 0 Å². The first kappa shape index (κ1) is 16.2. The van der Waals surface area contributed by atoms with Gasteiger partial charge in [0, 0.05) is 12.0 Å². The minimum atomic E-state index is 0.158. The Kier molecular flexibility index (Phi) is 6.53. The zero-order valence-electron chi connectivity index (χ0n) is 13.1. The lowest BCUT2D eigenvalue weighted by atomic mass is 9.94. The van der Waals surface area contributed by atoms with Crippen LogP contribution in [0.5, 0.6) is 0 Å². The molecule has 1 aromatic carbocycles. The quantitative estimate of drug-likeness (QED) is 0.764. The molecule has 0 radical (unpaired) electrons. The molecule has 0 bridgehead atoms. The maximum absolute atomic E-state index is 6.01. The summed E-state index contributed by atoms with van der Waals surface area (Å²) in [5.74, 6) is 0.694. The fourth-order valence-electron chi connectivity index (χ4n) is 1.92. The molecule has 0 saturated heterocycles. The first-order valence-corrected chi connectivity index (χ1v) is 7.28.